The highest BCUT2D eigenvalue weighted by molar-refractivity contribution is 5.95. The Labute approximate surface area is 216 Å². The van der Waals surface area contributed by atoms with Crippen molar-refractivity contribution in [2.24, 2.45) is 27.9 Å². The van der Waals surface area contributed by atoms with Gasteiger partial charge in [-0.3, -0.25) is 33.8 Å². The van der Waals surface area contributed by atoms with Crippen LogP contribution in [0, 0.1) is 0 Å². The van der Waals surface area contributed by atoms with Crippen molar-refractivity contribution in [3.63, 3.8) is 0 Å². The summed E-state index contributed by atoms with van der Waals surface area (Å²) in [6.45, 7) is 0.0636. The van der Waals surface area contributed by atoms with Crippen molar-refractivity contribution < 1.29 is 48.9 Å². The SMILES string of the molecule is NC(=O)CCC(N)C(=O)NC(CCCN=C(N)N)C(=O)NC(CCC(=O)O)C(=O)NC(CC(=O)O)C(=O)O. The lowest BCUT2D eigenvalue weighted by Crippen LogP contribution is -2.57. The van der Waals surface area contributed by atoms with Gasteiger partial charge in [-0.1, -0.05) is 0 Å². The highest BCUT2D eigenvalue weighted by atomic mass is 16.4. The van der Waals surface area contributed by atoms with Crippen LogP contribution in [0.2, 0.25) is 0 Å². The van der Waals surface area contributed by atoms with Crippen LogP contribution in [-0.2, 0) is 33.6 Å². The molecule has 0 bridgehead atoms. The Kier molecular flexibility index (Phi) is 15.0. The molecule has 14 N–H and O–H groups in total. The molecule has 0 aromatic heterocycles. The van der Waals surface area contributed by atoms with Crippen molar-refractivity contribution in [1.29, 1.82) is 0 Å². The molecule has 0 fully saturated rings. The quantitative estimate of drug-likeness (QED) is 0.0415. The summed E-state index contributed by atoms with van der Waals surface area (Å²) in [6, 6.07) is -6.00. The number of nitrogens with two attached hydrogens (primary N) is 4. The van der Waals surface area contributed by atoms with Crippen LogP contribution < -0.4 is 38.9 Å². The number of nitrogens with zero attached hydrogens (tertiary/aromatic N) is 1. The molecule has 0 saturated heterocycles. The highest BCUT2D eigenvalue weighted by Crippen LogP contribution is 2.06. The normalized spacial score (nSPS) is 13.6. The van der Waals surface area contributed by atoms with E-state index in [1.165, 1.54) is 0 Å². The number of hydrogen-bond donors (Lipinski definition) is 10. The molecule has 0 aromatic carbocycles. The molecule has 0 aliphatic carbocycles. The fraction of sp³-hybridized carbons (Fsp3) is 0.600. The number of hydrogen-bond acceptors (Lipinski definition) is 9. The van der Waals surface area contributed by atoms with E-state index in [1.807, 2.05) is 5.32 Å². The molecule has 4 amide bonds. The minimum atomic E-state index is -1.86. The molecule has 4 unspecified atom stereocenters. The van der Waals surface area contributed by atoms with Crippen molar-refractivity contribution in [3.8, 4) is 0 Å². The van der Waals surface area contributed by atoms with Crippen LogP contribution in [0.25, 0.3) is 0 Å². The summed E-state index contributed by atoms with van der Waals surface area (Å²) in [6.07, 6.45) is -2.30. The van der Waals surface area contributed by atoms with E-state index in [2.05, 4.69) is 15.6 Å². The van der Waals surface area contributed by atoms with Crippen LogP contribution in [-0.4, -0.2) is 93.5 Å². The van der Waals surface area contributed by atoms with Crippen molar-refractivity contribution in [2.75, 3.05) is 6.54 Å². The van der Waals surface area contributed by atoms with Crippen LogP contribution in [0.4, 0.5) is 0 Å². The maximum atomic E-state index is 13.0. The fourth-order valence-electron chi connectivity index (χ4n) is 2.94. The first-order valence-electron chi connectivity index (χ1n) is 11.3. The van der Waals surface area contributed by atoms with E-state index < -0.39 is 85.0 Å². The number of amides is 4. The molecule has 38 heavy (non-hydrogen) atoms. The Hall–Kier alpha value is -4.48. The lowest BCUT2D eigenvalue weighted by molar-refractivity contribution is -0.147. The van der Waals surface area contributed by atoms with E-state index in [-0.39, 0.29) is 38.2 Å². The number of carboxylic acid groups (broad SMARTS) is 3. The maximum Gasteiger partial charge on any atom is 0.326 e. The minimum absolute atomic E-state index is 0.0636. The smallest absolute Gasteiger partial charge is 0.326 e. The third-order valence-electron chi connectivity index (χ3n) is 4.89. The van der Waals surface area contributed by atoms with E-state index in [9.17, 15) is 33.6 Å². The van der Waals surface area contributed by atoms with Crippen molar-refractivity contribution in [2.45, 2.75) is 69.1 Å². The average molecular weight is 547 g/mol. The Morgan fingerprint density at radius 2 is 1.21 bits per heavy atom. The summed E-state index contributed by atoms with van der Waals surface area (Å²) in [5, 5.41) is 33.5. The summed E-state index contributed by atoms with van der Waals surface area (Å²) in [7, 11) is 0. The van der Waals surface area contributed by atoms with Crippen LogP contribution in [0.3, 0.4) is 0 Å². The molecule has 18 nitrogen and oxygen atoms in total. The van der Waals surface area contributed by atoms with Crippen molar-refractivity contribution >= 4 is 47.5 Å². The van der Waals surface area contributed by atoms with Gasteiger partial charge in [-0.05, 0) is 25.7 Å². The van der Waals surface area contributed by atoms with Gasteiger partial charge in [-0.2, -0.15) is 0 Å². The van der Waals surface area contributed by atoms with E-state index in [0.29, 0.717) is 0 Å². The predicted octanol–water partition coefficient (Wildman–Crippen LogP) is -4.49. The number of nitrogens with one attached hydrogen (secondary N) is 3. The largest absolute Gasteiger partial charge is 0.481 e. The third kappa shape index (κ3) is 14.8. The van der Waals surface area contributed by atoms with Gasteiger partial charge in [0.15, 0.2) is 5.96 Å². The molecule has 0 spiro atoms. The van der Waals surface area contributed by atoms with E-state index in [4.69, 9.17) is 38.3 Å². The fourth-order valence-corrected chi connectivity index (χ4v) is 2.94. The van der Waals surface area contributed by atoms with Crippen molar-refractivity contribution in [1.82, 2.24) is 16.0 Å². The summed E-state index contributed by atoms with van der Waals surface area (Å²) in [4.78, 5) is 86.0. The first kappa shape index (κ1) is 33.5. The number of guanidine groups is 1. The molecule has 18 heteroatoms. The lowest BCUT2D eigenvalue weighted by atomic mass is 10.1. The van der Waals surface area contributed by atoms with E-state index >= 15 is 0 Å². The second kappa shape index (κ2) is 17.1. The molecule has 214 valence electrons. The number of aliphatic imine (C=N–C) groups is 1. The Morgan fingerprint density at radius 1 is 0.684 bits per heavy atom. The van der Waals surface area contributed by atoms with E-state index in [1.54, 1.807) is 0 Å². The molecule has 0 aliphatic heterocycles. The molecule has 0 saturated carbocycles. The predicted molar refractivity (Wildman–Crippen MR) is 129 cm³/mol. The second-order valence-corrected chi connectivity index (χ2v) is 8.11. The zero-order chi connectivity index (χ0) is 29.4. The first-order chi connectivity index (χ1) is 17.6. The summed E-state index contributed by atoms with van der Waals surface area (Å²) in [5.74, 6) is -8.39. The molecule has 0 aliphatic rings. The van der Waals surface area contributed by atoms with Gasteiger partial charge in [-0.25, -0.2) is 4.79 Å². The molecule has 4 atom stereocenters. The van der Waals surface area contributed by atoms with Crippen molar-refractivity contribution in [3.05, 3.63) is 0 Å². The maximum absolute atomic E-state index is 13.0. The minimum Gasteiger partial charge on any atom is -0.481 e. The zero-order valence-electron chi connectivity index (χ0n) is 20.4. The summed E-state index contributed by atoms with van der Waals surface area (Å²) < 4.78 is 0. The van der Waals surface area contributed by atoms with Gasteiger partial charge < -0.3 is 54.2 Å². The van der Waals surface area contributed by atoms with Crippen LogP contribution in [0.5, 0.6) is 0 Å². The van der Waals surface area contributed by atoms with Crippen LogP contribution in [0.15, 0.2) is 4.99 Å². The van der Waals surface area contributed by atoms with E-state index in [0.717, 1.165) is 0 Å². The van der Waals surface area contributed by atoms with Gasteiger partial charge in [0.05, 0.1) is 12.5 Å². The first-order valence-corrected chi connectivity index (χ1v) is 11.3. The number of carbonyl (C=O) groups is 7. The third-order valence-corrected chi connectivity index (χ3v) is 4.89. The molecule has 0 heterocycles. The number of carbonyl (C=O) groups excluding carboxylic acids is 4. The van der Waals surface area contributed by atoms with Gasteiger partial charge in [0.25, 0.3) is 0 Å². The molecule has 0 rings (SSSR count). The summed E-state index contributed by atoms with van der Waals surface area (Å²) in [5.41, 5.74) is 21.3. The molecule has 0 aromatic rings. The topological polar surface area (TPSA) is 333 Å². The Morgan fingerprint density at radius 3 is 1.68 bits per heavy atom. The van der Waals surface area contributed by atoms with Gasteiger partial charge in [-0.15, -0.1) is 0 Å². The second-order valence-electron chi connectivity index (χ2n) is 8.11. The number of rotatable bonds is 19. The van der Waals surface area contributed by atoms with Crippen LogP contribution in [0.1, 0.15) is 44.9 Å². The standard InChI is InChI=1S/C20H34N8O10/c21-9(3-5-13(22)29)16(34)26-10(2-1-7-25-20(23)24)17(35)27-11(4-6-14(30)31)18(36)28-12(19(37)38)8-15(32)33/h9-12H,1-8,21H2,(H2,22,29)(H,26,34)(H,27,35)(H,28,36)(H,30,31)(H,32,33)(H,37,38)(H4,23,24,25). The number of carboxylic acids is 3. The highest BCUT2D eigenvalue weighted by Gasteiger charge is 2.31. The van der Waals surface area contributed by atoms with Gasteiger partial charge in [0, 0.05) is 19.4 Å². The number of aliphatic carboxylic acids is 3. The Balaban J connectivity index is 5.71. The van der Waals surface area contributed by atoms with Crippen LogP contribution >= 0.6 is 0 Å². The molecule has 0 radical (unpaired) electrons. The van der Waals surface area contributed by atoms with Gasteiger partial charge in [0.2, 0.25) is 23.6 Å². The van der Waals surface area contributed by atoms with Gasteiger partial charge >= 0.3 is 17.9 Å². The average Bonchev–Trinajstić information content (AvgIpc) is 2.80. The zero-order valence-corrected chi connectivity index (χ0v) is 20.4. The monoisotopic (exact) mass is 546 g/mol. The number of primary amides is 1. The molecular weight excluding hydrogens is 512 g/mol. The lowest BCUT2D eigenvalue weighted by Gasteiger charge is -2.25. The Bertz CT molecular complexity index is 921. The molecular formula is C20H34N8O10. The summed E-state index contributed by atoms with van der Waals surface area (Å²) >= 11 is 0. The van der Waals surface area contributed by atoms with Gasteiger partial charge in [0.1, 0.15) is 18.1 Å².